The maximum Gasteiger partial charge on any atom is 0.118 e. The van der Waals surface area contributed by atoms with E-state index in [1.165, 1.54) is 31.1 Å². The number of ether oxygens (including phenoxy) is 1. The van der Waals surface area contributed by atoms with Gasteiger partial charge in [0.15, 0.2) is 0 Å². The molecule has 0 aromatic heterocycles. The van der Waals surface area contributed by atoms with Crippen LogP contribution in [0.25, 0.3) is 10.8 Å². The van der Waals surface area contributed by atoms with Crippen molar-refractivity contribution in [2.45, 2.75) is 46.0 Å². The number of oxime groups is 1. The van der Waals surface area contributed by atoms with Crippen LogP contribution in [0.1, 0.15) is 57.1 Å². The van der Waals surface area contributed by atoms with Gasteiger partial charge < -0.3 is 14.9 Å². The summed E-state index contributed by atoms with van der Waals surface area (Å²) in [5, 5.41) is 10.6. The van der Waals surface area contributed by atoms with E-state index in [2.05, 4.69) is 66.8 Å². The summed E-state index contributed by atoms with van der Waals surface area (Å²) in [5.41, 5.74) is 2.91. The molecule has 0 heterocycles. The van der Waals surface area contributed by atoms with E-state index < -0.39 is 0 Å². The van der Waals surface area contributed by atoms with Gasteiger partial charge in [0.05, 0.1) is 7.11 Å². The predicted octanol–water partition coefficient (Wildman–Crippen LogP) is 6.81. The molecule has 0 amide bonds. The molecular weight excluding hydrogens is 408 g/mol. The molecular formula is C29H38N2O2. The number of rotatable bonds is 14. The second-order valence-corrected chi connectivity index (χ2v) is 8.50. The number of nitrogens with one attached hydrogen (secondary N) is 1. The fourth-order valence-electron chi connectivity index (χ4n) is 4.06. The van der Waals surface area contributed by atoms with Gasteiger partial charge in [-0.25, -0.2) is 0 Å². The molecule has 0 fully saturated rings. The summed E-state index contributed by atoms with van der Waals surface area (Å²) in [6.45, 7) is 7.17. The highest BCUT2D eigenvalue weighted by molar-refractivity contribution is 6.19. The monoisotopic (exact) mass is 446 g/mol. The molecule has 0 aliphatic rings. The Bertz CT molecular complexity index is 993. The number of benzene rings is 3. The molecule has 1 N–H and O–H groups in total. The van der Waals surface area contributed by atoms with Crippen LogP contribution in [0.3, 0.4) is 0 Å². The third-order valence-corrected chi connectivity index (χ3v) is 6.13. The van der Waals surface area contributed by atoms with Crippen molar-refractivity contribution in [1.29, 1.82) is 0 Å². The van der Waals surface area contributed by atoms with Gasteiger partial charge in [-0.15, -0.1) is 0 Å². The molecule has 3 aromatic rings. The Morgan fingerprint density at radius 2 is 1.73 bits per heavy atom. The minimum Gasteiger partial charge on any atom is -0.497 e. The second kappa shape index (κ2) is 13.6. The lowest BCUT2D eigenvalue weighted by Gasteiger charge is -2.15. The normalized spacial score (nSPS) is 12.6. The van der Waals surface area contributed by atoms with E-state index in [1.807, 2.05) is 24.3 Å². The summed E-state index contributed by atoms with van der Waals surface area (Å²) in [6.07, 6.45) is 6.08. The Balaban J connectivity index is 1.66. The van der Waals surface area contributed by atoms with Crippen molar-refractivity contribution in [3.05, 3.63) is 77.9 Å². The van der Waals surface area contributed by atoms with Gasteiger partial charge in [0.2, 0.25) is 0 Å². The smallest absolute Gasteiger partial charge is 0.118 e. The van der Waals surface area contributed by atoms with Gasteiger partial charge in [0, 0.05) is 11.1 Å². The maximum atomic E-state index is 5.83. The Morgan fingerprint density at radius 1 is 0.939 bits per heavy atom. The zero-order chi connectivity index (χ0) is 23.3. The van der Waals surface area contributed by atoms with Gasteiger partial charge in [0.1, 0.15) is 18.1 Å². The summed E-state index contributed by atoms with van der Waals surface area (Å²) in [5.74, 6) is 1.60. The third-order valence-electron chi connectivity index (χ3n) is 6.13. The standard InChI is InChI=1S/C29H38N2O2/c1-4-6-11-23(5-2)22-30-20-10-21-33-31-29(25-16-18-26(32-3)19-17-25)28-15-9-13-24-12-7-8-14-27(24)28/h7-9,12-19,23,30H,4-6,10-11,20-22H2,1-3H3/b31-29+. The van der Waals surface area contributed by atoms with Crippen molar-refractivity contribution >= 4 is 16.5 Å². The average molecular weight is 447 g/mol. The van der Waals surface area contributed by atoms with Crippen molar-refractivity contribution < 1.29 is 9.57 Å². The quantitative estimate of drug-likeness (QED) is 0.168. The van der Waals surface area contributed by atoms with Gasteiger partial charge in [0.25, 0.3) is 0 Å². The Labute approximate surface area is 199 Å². The van der Waals surface area contributed by atoms with Crippen molar-refractivity contribution in [2.24, 2.45) is 11.1 Å². The van der Waals surface area contributed by atoms with Crippen molar-refractivity contribution in [2.75, 3.05) is 26.8 Å². The molecule has 0 spiro atoms. The maximum absolute atomic E-state index is 5.83. The molecule has 4 heteroatoms. The minimum atomic E-state index is 0.586. The lowest BCUT2D eigenvalue weighted by molar-refractivity contribution is 0.141. The van der Waals surface area contributed by atoms with E-state index in [4.69, 9.17) is 9.57 Å². The molecule has 176 valence electrons. The number of nitrogens with zero attached hydrogens (tertiary/aromatic N) is 1. The molecule has 33 heavy (non-hydrogen) atoms. The van der Waals surface area contributed by atoms with Gasteiger partial charge in [-0.1, -0.05) is 80.7 Å². The molecule has 1 unspecified atom stereocenters. The van der Waals surface area contributed by atoms with Crippen LogP contribution in [0.5, 0.6) is 5.75 Å². The largest absolute Gasteiger partial charge is 0.497 e. The first-order chi connectivity index (χ1) is 16.3. The van der Waals surface area contributed by atoms with E-state index in [9.17, 15) is 0 Å². The molecule has 0 saturated heterocycles. The van der Waals surface area contributed by atoms with Gasteiger partial charge in [-0.2, -0.15) is 0 Å². The Hall–Kier alpha value is -2.85. The van der Waals surface area contributed by atoms with Gasteiger partial charge in [-0.05, 0) is 66.9 Å². The molecule has 1 atom stereocenters. The molecule has 0 aliphatic heterocycles. The SMILES string of the molecule is CCCCC(CC)CNCCCO/N=C(\c1ccc(OC)cc1)c1cccc2ccccc12. The topological polar surface area (TPSA) is 42.8 Å². The van der Waals surface area contributed by atoms with Crippen LogP contribution >= 0.6 is 0 Å². The molecule has 3 aromatic carbocycles. The van der Waals surface area contributed by atoms with Crippen LogP contribution < -0.4 is 10.1 Å². The second-order valence-electron chi connectivity index (χ2n) is 8.50. The number of methoxy groups -OCH3 is 1. The zero-order valence-electron chi connectivity index (χ0n) is 20.3. The summed E-state index contributed by atoms with van der Waals surface area (Å²) in [4.78, 5) is 5.83. The van der Waals surface area contributed by atoms with E-state index in [0.717, 1.165) is 53.4 Å². The summed E-state index contributed by atoms with van der Waals surface area (Å²) in [7, 11) is 1.68. The van der Waals surface area contributed by atoms with Crippen molar-refractivity contribution in [3.8, 4) is 5.75 Å². The first kappa shape index (κ1) is 24.8. The molecule has 0 radical (unpaired) electrons. The van der Waals surface area contributed by atoms with Crippen molar-refractivity contribution in [1.82, 2.24) is 5.32 Å². The fourth-order valence-corrected chi connectivity index (χ4v) is 4.06. The number of hydrogen-bond donors (Lipinski definition) is 1. The van der Waals surface area contributed by atoms with Crippen LogP contribution in [-0.2, 0) is 4.84 Å². The molecule has 3 rings (SSSR count). The lowest BCUT2D eigenvalue weighted by Crippen LogP contribution is -2.24. The number of fused-ring (bicyclic) bond motifs is 1. The molecule has 0 bridgehead atoms. The van der Waals surface area contributed by atoms with Gasteiger partial charge >= 0.3 is 0 Å². The highest BCUT2D eigenvalue weighted by Crippen LogP contribution is 2.23. The molecule has 4 nitrogen and oxygen atoms in total. The first-order valence-corrected chi connectivity index (χ1v) is 12.3. The van der Waals surface area contributed by atoms with Crippen LogP contribution in [0, 0.1) is 5.92 Å². The van der Waals surface area contributed by atoms with E-state index in [-0.39, 0.29) is 0 Å². The predicted molar refractivity (Wildman–Crippen MR) is 139 cm³/mol. The highest BCUT2D eigenvalue weighted by Gasteiger charge is 2.12. The first-order valence-electron chi connectivity index (χ1n) is 12.3. The number of hydrogen-bond acceptors (Lipinski definition) is 4. The van der Waals surface area contributed by atoms with Crippen LogP contribution in [-0.4, -0.2) is 32.5 Å². The Morgan fingerprint density at radius 3 is 2.48 bits per heavy atom. The van der Waals surface area contributed by atoms with Crippen LogP contribution in [0.15, 0.2) is 71.9 Å². The fraction of sp³-hybridized carbons (Fsp3) is 0.414. The third kappa shape index (κ3) is 7.33. The van der Waals surface area contributed by atoms with Gasteiger partial charge in [-0.3, -0.25) is 0 Å². The summed E-state index contributed by atoms with van der Waals surface area (Å²) >= 11 is 0. The summed E-state index contributed by atoms with van der Waals surface area (Å²) < 4.78 is 5.33. The van der Waals surface area contributed by atoms with Crippen molar-refractivity contribution in [3.63, 3.8) is 0 Å². The lowest BCUT2D eigenvalue weighted by atomic mass is 9.96. The van der Waals surface area contributed by atoms with E-state index >= 15 is 0 Å². The minimum absolute atomic E-state index is 0.586. The summed E-state index contributed by atoms with van der Waals surface area (Å²) in [6, 6.07) is 22.7. The zero-order valence-corrected chi connectivity index (χ0v) is 20.3. The average Bonchev–Trinajstić information content (AvgIpc) is 2.87. The highest BCUT2D eigenvalue weighted by atomic mass is 16.6. The molecule has 0 saturated carbocycles. The molecule has 0 aliphatic carbocycles. The van der Waals surface area contributed by atoms with Crippen LogP contribution in [0.4, 0.5) is 0 Å². The van der Waals surface area contributed by atoms with Crippen LogP contribution in [0.2, 0.25) is 0 Å². The number of unbranched alkanes of at least 4 members (excludes halogenated alkanes) is 1. The van der Waals surface area contributed by atoms with E-state index in [1.54, 1.807) is 7.11 Å². The van der Waals surface area contributed by atoms with E-state index in [0.29, 0.717) is 6.61 Å². The Kier molecular flexibility index (Phi) is 10.2.